The van der Waals surface area contributed by atoms with Crippen LogP contribution in [0.15, 0.2) is 34.8 Å². The molecule has 0 fully saturated rings. The lowest BCUT2D eigenvalue weighted by Gasteiger charge is -2.09. The van der Waals surface area contributed by atoms with Gasteiger partial charge in [-0.3, -0.25) is 0 Å². The Morgan fingerprint density at radius 2 is 2.11 bits per heavy atom. The molecule has 0 aliphatic heterocycles. The molecule has 4 heteroatoms. The third-order valence-electron chi connectivity index (χ3n) is 2.76. The quantitative estimate of drug-likeness (QED) is 0.772. The number of hydrogen-bond acceptors (Lipinski definition) is 2. The molecular formula is C14H15BrClNS. The molecule has 18 heavy (non-hydrogen) atoms. The molecule has 1 atom stereocenters. The van der Waals surface area contributed by atoms with Gasteiger partial charge in [0.2, 0.25) is 0 Å². The van der Waals surface area contributed by atoms with Gasteiger partial charge >= 0.3 is 0 Å². The lowest BCUT2D eigenvalue weighted by Crippen LogP contribution is -2.16. The zero-order valence-electron chi connectivity index (χ0n) is 10.3. The molecule has 0 radical (unpaired) electrons. The average molecular weight is 345 g/mol. The monoisotopic (exact) mass is 343 g/mol. The van der Waals surface area contributed by atoms with Crippen LogP contribution < -0.4 is 5.32 Å². The summed E-state index contributed by atoms with van der Waals surface area (Å²) in [4.78, 5) is 2.62. The van der Waals surface area contributed by atoms with Gasteiger partial charge < -0.3 is 5.32 Å². The van der Waals surface area contributed by atoms with Crippen molar-refractivity contribution >= 4 is 38.9 Å². The molecule has 0 aliphatic carbocycles. The fourth-order valence-electron chi connectivity index (χ4n) is 1.83. The second kappa shape index (κ2) is 6.20. The largest absolute Gasteiger partial charge is 0.310 e. The minimum Gasteiger partial charge on any atom is -0.310 e. The number of benzene rings is 1. The summed E-state index contributed by atoms with van der Waals surface area (Å²) in [5.41, 5.74) is 1.19. The Morgan fingerprint density at radius 1 is 1.33 bits per heavy atom. The van der Waals surface area contributed by atoms with Crippen molar-refractivity contribution in [1.29, 1.82) is 0 Å². The van der Waals surface area contributed by atoms with E-state index in [4.69, 9.17) is 11.6 Å². The summed E-state index contributed by atoms with van der Waals surface area (Å²) in [6.45, 7) is 5.30. The van der Waals surface area contributed by atoms with Crippen molar-refractivity contribution in [3.63, 3.8) is 0 Å². The van der Waals surface area contributed by atoms with Crippen molar-refractivity contribution in [2.75, 3.05) is 6.54 Å². The fourth-order valence-corrected chi connectivity index (χ4v) is 3.93. The van der Waals surface area contributed by atoms with Crippen LogP contribution in [-0.4, -0.2) is 6.54 Å². The topological polar surface area (TPSA) is 12.0 Å². The van der Waals surface area contributed by atoms with Crippen LogP contribution in [0.5, 0.6) is 0 Å². The Kier molecular flexibility index (Phi) is 4.84. The van der Waals surface area contributed by atoms with Crippen molar-refractivity contribution < 1.29 is 0 Å². The number of halogens is 2. The van der Waals surface area contributed by atoms with E-state index in [0.717, 1.165) is 16.0 Å². The van der Waals surface area contributed by atoms with Gasteiger partial charge in [-0.1, -0.05) is 40.5 Å². The van der Waals surface area contributed by atoms with E-state index in [1.54, 1.807) is 0 Å². The summed E-state index contributed by atoms with van der Waals surface area (Å²) < 4.78 is 1.04. The van der Waals surface area contributed by atoms with E-state index in [1.165, 1.54) is 15.3 Å². The van der Waals surface area contributed by atoms with Gasteiger partial charge in [-0.05, 0) is 37.7 Å². The first-order valence-corrected chi connectivity index (χ1v) is 7.89. The molecular weight excluding hydrogens is 330 g/mol. The summed E-state index contributed by atoms with van der Waals surface area (Å²) in [7, 11) is 0. The van der Waals surface area contributed by atoms with Crippen LogP contribution in [0.2, 0.25) is 5.02 Å². The maximum atomic E-state index is 5.96. The van der Waals surface area contributed by atoms with Crippen LogP contribution in [0, 0.1) is 0 Å². The van der Waals surface area contributed by atoms with Gasteiger partial charge in [0.05, 0.1) is 0 Å². The predicted molar refractivity (Wildman–Crippen MR) is 84.6 cm³/mol. The second-order valence-corrected chi connectivity index (χ2v) is 6.51. The molecule has 1 aromatic carbocycles. The van der Waals surface area contributed by atoms with E-state index < -0.39 is 0 Å². The molecule has 2 aromatic rings. The minimum atomic E-state index is 0.403. The summed E-state index contributed by atoms with van der Waals surface area (Å²) in [6, 6.07) is 10.7. The number of thiophene rings is 1. The van der Waals surface area contributed by atoms with Gasteiger partial charge in [0.1, 0.15) is 0 Å². The van der Waals surface area contributed by atoms with Crippen LogP contribution in [-0.2, 0) is 0 Å². The highest BCUT2D eigenvalue weighted by molar-refractivity contribution is 9.10. The Labute approximate surface area is 125 Å². The van der Waals surface area contributed by atoms with Gasteiger partial charge in [-0.15, -0.1) is 11.3 Å². The van der Waals surface area contributed by atoms with Crippen molar-refractivity contribution in [3.05, 3.63) is 44.7 Å². The molecule has 1 heterocycles. The maximum absolute atomic E-state index is 5.96. The zero-order valence-corrected chi connectivity index (χ0v) is 13.5. The van der Waals surface area contributed by atoms with E-state index in [1.807, 2.05) is 23.5 Å². The number of nitrogens with one attached hydrogen (secondary N) is 1. The Balaban J connectivity index is 2.29. The van der Waals surface area contributed by atoms with Crippen molar-refractivity contribution in [2.45, 2.75) is 19.9 Å². The van der Waals surface area contributed by atoms with Crippen molar-refractivity contribution in [1.82, 2.24) is 5.32 Å². The maximum Gasteiger partial charge on any atom is 0.0417 e. The Bertz CT molecular complexity index is 538. The summed E-state index contributed by atoms with van der Waals surface area (Å²) in [5, 5.41) is 4.18. The Morgan fingerprint density at radius 3 is 2.78 bits per heavy atom. The molecule has 0 bridgehead atoms. The average Bonchev–Trinajstić information content (AvgIpc) is 2.78. The first-order chi connectivity index (χ1) is 8.61. The van der Waals surface area contributed by atoms with Crippen LogP contribution in [0.25, 0.3) is 10.4 Å². The van der Waals surface area contributed by atoms with Crippen molar-refractivity contribution in [2.24, 2.45) is 0 Å². The highest BCUT2D eigenvalue weighted by Gasteiger charge is 2.10. The van der Waals surface area contributed by atoms with Crippen LogP contribution in [0.1, 0.15) is 24.8 Å². The lowest BCUT2D eigenvalue weighted by atomic mass is 10.2. The van der Waals surface area contributed by atoms with E-state index in [-0.39, 0.29) is 0 Å². The first kappa shape index (κ1) is 14.1. The molecule has 0 saturated carbocycles. The summed E-state index contributed by atoms with van der Waals surface area (Å²) in [6.07, 6.45) is 0. The molecule has 1 unspecified atom stereocenters. The van der Waals surface area contributed by atoms with Gasteiger partial charge in [0, 0.05) is 30.9 Å². The molecule has 0 spiro atoms. The standard InChI is InChI=1S/C14H15BrClNS/c1-3-17-9(2)13-6-7-14(18-13)11-5-4-10(16)8-12(11)15/h4-9,17H,3H2,1-2H3. The molecule has 1 N–H and O–H groups in total. The van der Waals surface area contributed by atoms with E-state index in [2.05, 4.69) is 53.3 Å². The van der Waals surface area contributed by atoms with Gasteiger partial charge in [0.25, 0.3) is 0 Å². The highest BCUT2D eigenvalue weighted by atomic mass is 79.9. The third kappa shape index (κ3) is 3.15. The molecule has 96 valence electrons. The molecule has 0 saturated heterocycles. The summed E-state index contributed by atoms with van der Waals surface area (Å²) >= 11 is 11.4. The number of hydrogen-bond donors (Lipinski definition) is 1. The molecule has 1 nitrogen and oxygen atoms in total. The van der Waals surface area contributed by atoms with Gasteiger partial charge in [-0.2, -0.15) is 0 Å². The first-order valence-electron chi connectivity index (χ1n) is 5.90. The smallest absolute Gasteiger partial charge is 0.0417 e. The lowest BCUT2D eigenvalue weighted by molar-refractivity contribution is 0.607. The SMILES string of the molecule is CCNC(C)c1ccc(-c2ccc(Cl)cc2Br)s1. The van der Waals surface area contributed by atoms with E-state index in [0.29, 0.717) is 6.04 Å². The summed E-state index contributed by atoms with van der Waals surface area (Å²) in [5.74, 6) is 0. The Hall–Kier alpha value is -0.350. The molecule has 0 amide bonds. The zero-order chi connectivity index (χ0) is 13.1. The predicted octanol–water partition coefficient (Wildman–Crippen LogP) is 5.50. The second-order valence-electron chi connectivity index (χ2n) is 4.11. The van der Waals surface area contributed by atoms with Crippen LogP contribution in [0.3, 0.4) is 0 Å². The van der Waals surface area contributed by atoms with Gasteiger partial charge in [-0.25, -0.2) is 0 Å². The number of rotatable bonds is 4. The van der Waals surface area contributed by atoms with E-state index in [9.17, 15) is 0 Å². The third-order valence-corrected chi connectivity index (χ3v) is 4.95. The van der Waals surface area contributed by atoms with Crippen molar-refractivity contribution in [3.8, 4) is 10.4 Å². The van der Waals surface area contributed by atoms with E-state index >= 15 is 0 Å². The minimum absolute atomic E-state index is 0.403. The normalized spacial score (nSPS) is 12.7. The molecule has 0 aliphatic rings. The highest BCUT2D eigenvalue weighted by Crippen LogP contribution is 2.36. The van der Waals surface area contributed by atoms with Crippen LogP contribution >= 0.6 is 38.9 Å². The fraction of sp³-hybridized carbons (Fsp3) is 0.286. The molecule has 2 rings (SSSR count). The molecule has 1 aromatic heterocycles. The van der Waals surface area contributed by atoms with Crippen LogP contribution in [0.4, 0.5) is 0 Å². The van der Waals surface area contributed by atoms with Gasteiger partial charge in [0.15, 0.2) is 0 Å².